The molecule has 3 aromatic carbocycles. The zero-order chi connectivity index (χ0) is 19.3. The van der Waals surface area contributed by atoms with Gasteiger partial charge in [0, 0.05) is 22.6 Å². The summed E-state index contributed by atoms with van der Waals surface area (Å²) >= 11 is 6.41. The first-order valence-corrected chi connectivity index (χ1v) is 9.77. The van der Waals surface area contributed by atoms with Crippen LogP contribution in [0.3, 0.4) is 0 Å². The summed E-state index contributed by atoms with van der Waals surface area (Å²) in [6.45, 7) is 4.56. The Morgan fingerprint density at radius 1 is 0.714 bits per heavy atom. The van der Waals surface area contributed by atoms with Gasteiger partial charge in [-0.25, -0.2) is 9.97 Å². The molecular formula is C25H19ClN2. The Morgan fingerprint density at radius 3 is 2.21 bits per heavy atom. The second-order valence-corrected chi connectivity index (χ2v) is 8.05. The number of hydrogen-bond acceptors (Lipinski definition) is 2. The summed E-state index contributed by atoms with van der Waals surface area (Å²) in [7, 11) is 0. The lowest BCUT2D eigenvalue weighted by Crippen LogP contribution is -2.16. The second kappa shape index (κ2) is 6.29. The molecule has 2 nitrogen and oxygen atoms in total. The van der Waals surface area contributed by atoms with Crippen molar-refractivity contribution >= 4 is 11.6 Å². The third-order valence-electron chi connectivity index (χ3n) is 5.58. The van der Waals surface area contributed by atoms with E-state index in [0.717, 1.165) is 16.8 Å². The summed E-state index contributed by atoms with van der Waals surface area (Å²) in [6.07, 6.45) is 0. The molecule has 0 bridgehead atoms. The van der Waals surface area contributed by atoms with Crippen molar-refractivity contribution in [2.75, 3.05) is 0 Å². The summed E-state index contributed by atoms with van der Waals surface area (Å²) in [5, 5.41) is 0.453. The van der Waals surface area contributed by atoms with Gasteiger partial charge in [0.2, 0.25) is 0 Å². The fourth-order valence-corrected chi connectivity index (χ4v) is 4.52. The third-order valence-corrected chi connectivity index (χ3v) is 5.78. The molecule has 1 aliphatic carbocycles. The molecule has 136 valence electrons. The van der Waals surface area contributed by atoms with Crippen LogP contribution in [0.2, 0.25) is 5.15 Å². The SMILES string of the molecule is CC1(C)c2ccccc2-c2cccc(-c3cc(Cl)nc(-c4ccccc4)n3)c21. The lowest BCUT2D eigenvalue weighted by atomic mass is 9.79. The van der Waals surface area contributed by atoms with Crippen LogP contribution in [0.15, 0.2) is 78.9 Å². The van der Waals surface area contributed by atoms with E-state index in [1.54, 1.807) is 0 Å². The van der Waals surface area contributed by atoms with Crippen LogP contribution in [-0.4, -0.2) is 9.97 Å². The van der Waals surface area contributed by atoms with Gasteiger partial charge in [-0.05, 0) is 22.3 Å². The number of rotatable bonds is 2. The van der Waals surface area contributed by atoms with Crippen LogP contribution in [0.4, 0.5) is 0 Å². The van der Waals surface area contributed by atoms with Gasteiger partial charge in [0.1, 0.15) is 5.15 Å². The molecule has 0 aliphatic heterocycles. The minimum absolute atomic E-state index is 0.104. The summed E-state index contributed by atoms with van der Waals surface area (Å²) in [5.41, 5.74) is 8.04. The van der Waals surface area contributed by atoms with Crippen LogP contribution in [0.25, 0.3) is 33.8 Å². The van der Waals surface area contributed by atoms with Gasteiger partial charge in [-0.3, -0.25) is 0 Å². The first-order valence-electron chi connectivity index (χ1n) is 9.39. The first kappa shape index (κ1) is 17.2. The van der Waals surface area contributed by atoms with E-state index in [-0.39, 0.29) is 5.41 Å². The van der Waals surface area contributed by atoms with E-state index in [4.69, 9.17) is 16.6 Å². The largest absolute Gasteiger partial charge is 0.228 e. The van der Waals surface area contributed by atoms with Gasteiger partial charge in [0.25, 0.3) is 0 Å². The van der Waals surface area contributed by atoms with Gasteiger partial charge in [-0.1, -0.05) is 98.2 Å². The molecule has 0 unspecified atom stereocenters. The highest BCUT2D eigenvalue weighted by Crippen LogP contribution is 2.51. The number of halogens is 1. The van der Waals surface area contributed by atoms with E-state index in [2.05, 4.69) is 61.3 Å². The Bertz CT molecular complexity index is 1200. The minimum atomic E-state index is -0.104. The average molecular weight is 383 g/mol. The molecule has 0 saturated carbocycles. The molecular weight excluding hydrogens is 364 g/mol. The standard InChI is InChI=1S/C25H19ClN2/c1-25(2)20-14-7-6-11-17(20)18-12-8-13-19(23(18)25)21-15-22(26)28-24(27-21)16-9-4-3-5-10-16/h3-15H,1-2H3. The molecule has 0 saturated heterocycles. The summed E-state index contributed by atoms with van der Waals surface area (Å²) in [5.74, 6) is 0.647. The summed E-state index contributed by atoms with van der Waals surface area (Å²) in [6, 6.07) is 26.9. The maximum Gasteiger partial charge on any atom is 0.161 e. The Morgan fingerprint density at radius 2 is 1.39 bits per heavy atom. The van der Waals surface area contributed by atoms with Gasteiger partial charge in [0.05, 0.1) is 5.69 Å². The third kappa shape index (κ3) is 2.56. The van der Waals surface area contributed by atoms with Gasteiger partial charge >= 0.3 is 0 Å². The quantitative estimate of drug-likeness (QED) is 0.357. The Kier molecular flexibility index (Phi) is 3.85. The lowest BCUT2D eigenvalue weighted by molar-refractivity contribution is 0.662. The number of benzene rings is 3. The van der Waals surface area contributed by atoms with Crippen LogP contribution in [-0.2, 0) is 5.41 Å². The maximum absolute atomic E-state index is 6.41. The number of nitrogens with zero attached hydrogens (tertiary/aromatic N) is 2. The lowest BCUT2D eigenvalue weighted by Gasteiger charge is -2.24. The molecule has 28 heavy (non-hydrogen) atoms. The van der Waals surface area contributed by atoms with E-state index >= 15 is 0 Å². The maximum atomic E-state index is 6.41. The number of hydrogen-bond donors (Lipinski definition) is 0. The smallest absolute Gasteiger partial charge is 0.161 e. The Hall–Kier alpha value is -2.97. The van der Waals surface area contributed by atoms with Crippen LogP contribution in [0, 0.1) is 0 Å². The number of aromatic nitrogens is 2. The first-order chi connectivity index (χ1) is 13.6. The summed E-state index contributed by atoms with van der Waals surface area (Å²) < 4.78 is 0. The normalized spacial score (nSPS) is 13.8. The number of fused-ring (bicyclic) bond motifs is 3. The fourth-order valence-electron chi connectivity index (χ4n) is 4.33. The molecule has 0 spiro atoms. The highest BCUT2D eigenvalue weighted by molar-refractivity contribution is 6.29. The van der Waals surface area contributed by atoms with Crippen LogP contribution in [0.1, 0.15) is 25.0 Å². The summed E-state index contributed by atoms with van der Waals surface area (Å²) in [4.78, 5) is 9.34. The van der Waals surface area contributed by atoms with E-state index in [1.807, 2.05) is 36.4 Å². The van der Waals surface area contributed by atoms with Crippen molar-refractivity contribution in [3.8, 4) is 33.8 Å². The van der Waals surface area contributed by atoms with Gasteiger partial charge < -0.3 is 0 Å². The van der Waals surface area contributed by atoms with Gasteiger partial charge in [-0.2, -0.15) is 0 Å². The van der Waals surface area contributed by atoms with E-state index < -0.39 is 0 Å². The molecule has 0 amide bonds. The molecule has 0 N–H and O–H groups in total. The average Bonchev–Trinajstić information content (AvgIpc) is 2.96. The van der Waals surface area contributed by atoms with Crippen LogP contribution in [0.5, 0.6) is 0 Å². The van der Waals surface area contributed by atoms with E-state index in [0.29, 0.717) is 11.0 Å². The zero-order valence-electron chi connectivity index (χ0n) is 15.8. The minimum Gasteiger partial charge on any atom is -0.228 e. The van der Waals surface area contributed by atoms with Crippen molar-refractivity contribution in [1.82, 2.24) is 9.97 Å². The molecule has 3 heteroatoms. The van der Waals surface area contributed by atoms with Crippen molar-refractivity contribution in [1.29, 1.82) is 0 Å². The van der Waals surface area contributed by atoms with Gasteiger partial charge in [-0.15, -0.1) is 0 Å². The second-order valence-electron chi connectivity index (χ2n) is 7.66. The Labute approximate surface area is 169 Å². The topological polar surface area (TPSA) is 25.8 Å². The van der Waals surface area contributed by atoms with Gasteiger partial charge in [0.15, 0.2) is 5.82 Å². The fraction of sp³-hybridized carbons (Fsp3) is 0.120. The van der Waals surface area contributed by atoms with Crippen LogP contribution < -0.4 is 0 Å². The Balaban J connectivity index is 1.75. The molecule has 1 heterocycles. The molecule has 0 radical (unpaired) electrons. The predicted molar refractivity (Wildman–Crippen MR) is 115 cm³/mol. The zero-order valence-corrected chi connectivity index (χ0v) is 16.5. The molecule has 0 atom stereocenters. The highest BCUT2D eigenvalue weighted by Gasteiger charge is 2.37. The van der Waals surface area contributed by atoms with Crippen molar-refractivity contribution < 1.29 is 0 Å². The monoisotopic (exact) mass is 382 g/mol. The molecule has 0 fully saturated rings. The van der Waals surface area contributed by atoms with Crippen molar-refractivity contribution in [2.45, 2.75) is 19.3 Å². The van der Waals surface area contributed by atoms with Crippen molar-refractivity contribution in [2.24, 2.45) is 0 Å². The van der Waals surface area contributed by atoms with Crippen molar-refractivity contribution in [3.63, 3.8) is 0 Å². The van der Waals surface area contributed by atoms with E-state index in [1.165, 1.54) is 22.3 Å². The molecule has 5 rings (SSSR count). The predicted octanol–water partition coefficient (Wildman–Crippen LogP) is 6.77. The molecule has 4 aromatic rings. The van der Waals surface area contributed by atoms with E-state index in [9.17, 15) is 0 Å². The van der Waals surface area contributed by atoms with Crippen LogP contribution >= 0.6 is 11.6 Å². The van der Waals surface area contributed by atoms with Crippen molar-refractivity contribution in [3.05, 3.63) is 95.1 Å². The highest BCUT2D eigenvalue weighted by atomic mass is 35.5. The molecule has 1 aliphatic rings. The molecule has 1 aromatic heterocycles.